The van der Waals surface area contributed by atoms with Crippen molar-refractivity contribution < 1.29 is 13.2 Å². The molecular formula is C18H11F3N2. The van der Waals surface area contributed by atoms with E-state index in [1.165, 1.54) is 6.07 Å². The fraction of sp³-hybridized carbons (Fsp3) is 0.0556. The molecule has 0 bridgehead atoms. The van der Waals surface area contributed by atoms with Crippen molar-refractivity contribution in [2.45, 2.75) is 6.18 Å². The van der Waals surface area contributed by atoms with Crippen LogP contribution in [0, 0.1) is 0 Å². The van der Waals surface area contributed by atoms with Gasteiger partial charge in [0.05, 0.1) is 11.3 Å². The third kappa shape index (κ3) is 2.34. The summed E-state index contributed by atoms with van der Waals surface area (Å²) >= 11 is 0. The zero-order chi connectivity index (χ0) is 16.0. The first-order valence-electron chi connectivity index (χ1n) is 7.06. The molecule has 4 rings (SSSR count). The van der Waals surface area contributed by atoms with E-state index in [0.29, 0.717) is 11.3 Å². The van der Waals surface area contributed by atoms with Crippen molar-refractivity contribution in [3.05, 3.63) is 72.6 Å². The second-order valence-corrected chi connectivity index (χ2v) is 5.34. The molecule has 114 valence electrons. The first-order valence-corrected chi connectivity index (χ1v) is 7.06. The molecule has 0 N–H and O–H groups in total. The number of imidazole rings is 1. The van der Waals surface area contributed by atoms with Gasteiger partial charge in [0.25, 0.3) is 0 Å². The second-order valence-electron chi connectivity index (χ2n) is 5.34. The summed E-state index contributed by atoms with van der Waals surface area (Å²) in [5, 5.41) is 2.01. The van der Waals surface area contributed by atoms with Gasteiger partial charge in [-0.1, -0.05) is 36.4 Å². The lowest BCUT2D eigenvalue weighted by atomic mass is 10.1. The maximum absolute atomic E-state index is 12.9. The Hall–Kier alpha value is -2.82. The first-order chi connectivity index (χ1) is 11.0. The van der Waals surface area contributed by atoms with Crippen molar-refractivity contribution in [3.8, 4) is 11.3 Å². The molecule has 0 amide bonds. The fourth-order valence-corrected chi connectivity index (χ4v) is 2.71. The van der Waals surface area contributed by atoms with E-state index in [0.717, 1.165) is 28.6 Å². The van der Waals surface area contributed by atoms with Crippen LogP contribution >= 0.6 is 0 Å². The highest BCUT2D eigenvalue weighted by atomic mass is 19.4. The lowest BCUT2D eigenvalue weighted by Gasteiger charge is -2.07. The summed E-state index contributed by atoms with van der Waals surface area (Å²) in [5.41, 5.74) is 1.03. The maximum atomic E-state index is 12.9. The van der Waals surface area contributed by atoms with E-state index in [2.05, 4.69) is 4.98 Å². The Balaban J connectivity index is 1.91. The van der Waals surface area contributed by atoms with Gasteiger partial charge >= 0.3 is 6.18 Å². The van der Waals surface area contributed by atoms with E-state index in [1.807, 2.05) is 40.9 Å². The van der Waals surface area contributed by atoms with Gasteiger partial charge in [-0.3, -0.25) is 0 Å². The average Bonchev–Trinajstić information content (AvgIpc) is 2.99. The lowest BCUT2D eigenvalue weighted by molar-refractivity contribution is -0.137. The smallest absolute Gasteiger partial charge is 0.306 e. The van der Waals surface area contributed by atoms with Gasteiger partial charge in [0, 0.05) is 23.3 Å². The summed E-state index contributed by atoms with van der Waals surface area (Å²) in [5.74, 6) is 0. The number of alkyl halides is 3. The average molecular weight is 312 g/mol. The highest BCUT2D eigenvalue weighted by Gasteiger charge is 2.30. The highest BCUT2D eigenvalue weighted by molar-refractivity contribution is 5.94. The third-order valence-corrected chi connectivity index (χ3v) is 3.83. The van der Waals surface area contributed by atoms with Gasteiger partial charge in [-0.2, -0.15) is 13.2 Å². The molecule has 0 atom stereocenters. The number of halogens is 3. The molecule has 0 unspecified atom stereocenters. The Kier molecular flexibility index (Phi) is 2.91. The molecule has 0 spiro atoms. The number of nitrogens with zero attached hydrogens (tertiary/aromatic N) is 2. The molecule has 23 heavy (non-hydrogen) atoms. The molecule has 2 nitrogen and oxygen atoms in total. The Morgan fingerprint density at radius 2 is 1.74 bits per heavy atom. The van der Waals surface area contributed by atoms with Crippen LogP contribution in [0.25, 0.3) is 27.7 Å². The molecule has 2 aromatic carbocycles. The minimum absolute atomic E-state index is 0.451. The van der Waals surface area contributed by atoms with E-state index in [1.54, 1.807) is 12.3 Å². The number of aromatic nitrogens is 2. The molecule has 2 heterocycles. The number of rotatable bonds is 1. The summed E-state index contributed by atoms with van der Waals surface area (Å²) in [6.45, 7) is 0. The topological polar surface area (TPSA) is 17.3 Å². The van der Waals surface area contributed by atoms with E-state index >= 15 is 0 Å². The molecule has 0 radical (unpaired) electrons. The fourth-order valence-electron chi connectivity index (χ4n) is 2.71. The van der Waals surface area contributed by atoms with Crippen LogP contribution in [0.1, 0.15) is 5.56 Å². The predicted molar refractivity (Wildman–Crippen MR) is 83.1 cm³/mol. The summed E-state index contributed by atoms with van der Waals surface area (Å²) in [6, 6.07) is 15.0. The van der Waals surface area contributed by atoms with Crippen LogP contribution in [-0.2, 0) is 6.18 Å². The normalized spacial score (nSPS) is 12.1. The molecule has 0 saturated heterocycles. The molecule has 4 aromatic rings. The minimum atomic E-state index is -4.36. The lowest BCUT2D eigenvalue weighted by Crippen LogP contribution is -2.04. The Morgan fingerprint density at radius 3 is 2.57 bits per heavy atom. The zero-order valence-corrected chi connectivity index (χ0v) is 11.9. The van der Waals surface area contributed by atoms with Gasteiger partial charge in [-0.25, -0.2) is 4.98 Å². The predicted octanol–water partition coefficient (Wildman–Crippen LogP) is 5.17. The van der Waals surface area contributed by atoms with E-state index in [9.17, 15) is 13.2 Å². The Bertz CT molecular complexity index is 1020. The molecule has 0 fully saturated rings. The van der Waals surface area contributed by atoms with Crippen LogP contribution < -0.4 is 0 Å². The summed E-state index contributed by atoms with van der Waals surface area (Å²) in [4.78, 5) is 4.53. The number of hydrogen-bond acceptors (Lipinski definition) is 1. The summed E-state index contributed by atoms with van der Waals surface area (Å²) < 4.78 is 40.4. The highest BCUT2D eigenvalue weighted by Crippen LogP contribution is 2.32. The van der Waals surface area contributed by atoms with Crippen molar-refractivity contribution in [2.75, 3.05) is 0 Å². The van der Waals surface area contributed by atoms with Crippen molar-refractivity contribution in [1.29, 1.82) is 0 Å². The van der Waals surface area contributed by atoms with Gasteiger partial charge in [0.15, 0.2) is 0 Å². The van der Waals surface area contributed by atoms with Crippen LogP contribution in [0.4, 0.5) is 13.2 Å². The zero-order valence-electron chi connectivity index (χ0n) is 11.9. The largest absolute Gasteiger partial charge is 0.416 e. The summed E-state index contributed by atoms with van der Waals surface area (Å²) in [6.07, 6.45) is -0.749. The van der Waals surface area contributed by atoms with Gasteiger partial charge in [0.2, 0.25) is 0 Å². The molecule has 2 aromatic heterocycles. The molecule has 0 aliphatic carbocycles. The number of benzene rings is 2. The Labute approximate surface area is 129 Å². The third-order valence-electron chi connectivity index (χ3n) is 3.83. The van der Waals surface area contributed by atoms with E-state index in [-0.39, 0.29) is 0 Å². The monoisotopic (exact) mass is 312 g/mol. The maximum Gasteiger partial charge on any atom is 0.416 e. The van der Waals surface area contributed by atoms with Crippen molar-refractivity contribution >= 4 is 16.4 Å². The van der Waals surface area contributed by atoms with Gasteiger partial charge in [-0.05, 0) is 23.6 Å². The van der Waals surface area contributed by atoms with Crippen molar-refractivity contribution in [3.63, 3.8) is 0 Å². The quantitative estimate of drug-likeness (QED) is 0.474. The second kappa shape index (κ2) is 4.84. The number of fused-ring (bicyclic) bond motifs is 3. The van der Waals surface area contributed by atoms with Crippen LogP contribution in [0.15, 0.2) is 67.0 Å². The van der Waals surface area contributed by atoms with E-state index < -0.39 is 11.7 Å². The van der Waals surface area contributed by atoms with Crippen LogP contribution in [-0.4, -0.2) is 9.38 Å². The standard InChI is InChI=1S/C18H11F3N2/c19-18(20,21)14-6-3-5-13(10-14)16-11-23-9-8-12-4-1-2-7-15(12)17(23)22-16/h1-11H. The minimum Gasteiger partial charge on any atom is -0.306 e. The molecule has 5 heteroatoms. The summed E-state index contributed by atoms with van der Waals surface area (Å²) in [7, 11) is 0. The van der Waals surface area contributed by atoms with Crippen LogP contribution in [0.5, 0.6) is 0 Å². The van der Waals surface area contributed by atoms with E-state index in [4.69, 9.17) is 0 Å². The number of pyridine rings is 1. The van der Waals surface area contributed by atoms with Gasteiger partial charge < -0.3 is 4.40 Å². The Morgan fingerprint density at radius 1 is 0.913 bits per heavy atom. The molecular weight excluding hydrogens is 301 g/mol. The first kappa shape index (κ1) is 13.8. The molecule has 0 aliphatic rings. The van der Waals surface area contributed by atoms with Crippen LogP contribution in [0.3, 0.4) is 0 Å². The van der Waals surface area contributed by atoms with Gasteiger partial charge in [-0.15, -0.1) is 0 Å². The van der Waals surface area contributed by atoms with Gasteiger partial charge in [0.1, 0.15) is 5.65 Å². The number of hydrogen-bond donors (Lipinski definition) is 0. The van der Waals surface area contributed by atoms with Crippen LogP contribution in [0.2, 0.25) is 0 Å². The van der Waals surface area contributed by atoms with Crippen molar-refractivity contribution in [1.82, 2.24) is 9.38 Å². The SMILES string of the molecule is FC(F)(F)c1cccc(-c2cn3ccc4ccccc4c3n2)c1. The molecule has 0 aliphatic heterocycles. The van der Waals surface area contributed by atoms with Crippen molar-refractivity contribution in [2.24, 2.45) is 0 Å². The molecule has 0 saturated carbocycles.